The maximum absolute atomic E-state index is 12.6. The number of hydrogen-bond acceptors (Lipinski definition) is 3. The van der Waals surface area contributed by atoms with E-state index in [-0.39, 0.29) is 12.8 Å². The molecule has 134 valence electrons. The minimum absolute atomic E-state index is 0.144. The zero-order valence-electron chi connectivity index (χ0n) is 13.4. The Balaban J connectivity index is 1.65. The van der Waals surface area contributed by atoms with Crippen LogP contribution in [0.2, 0.25) is 0 Å². The van der Waals surface area contributed by atoms with Gasteiger partial charge in [-0.2, -0.15) is 13.2 Å². The van der Waals surface area contributed by atoms with Crippen LogP contribution in [0.25, 0.3) is 11.0 Å². The first kappa shape index (κ1) is 17.2. The Hall–Kier alpha value is -2.58. The Morgan fingerprint density at radius 1 is 1.32 bits per heavy atom. The number of fused-ring (bicyclic) bond motifs is 1. The van der Waals surface area contributed by atoms with Crippen molar-refractivity contribution >= 4 is 22.8 Å². The first-order chi connectivity index (χ1) is 11.8. The minimum atomic E-state index is -4.50. The third-order valence-electron chi connectivity index (χ3n) is 4.27. The van der Waals surface area contributed by atoms with E-state index in [4.69, 9.17) is 0 Å². The van der Waals surface area contributed by atoms with Gasteiger partial charge in [-0.1, -0.05) is 12.1 Å². The summed E-state index contributed by atoms with van der Waals surface area (Å²) in [6.45, 7) is 1.69. The molecule has 1 aliphatic heterocycles. The molecule has 2 unspecified atom stereocenters. The number of H-pyrrole nitrogens is 1. The van der Waals surface area contributed by atoms with Gasteiger partial charge in [0, 0.05) is 0 Å². The second-order valence-corrected chi connectivity index (χ2v) is 6.10. The van der Waals surface area contributed by atoms with Crippen LogP contribution in [0.15, 0.2) is 24.3 Å². The van der Waals surface area contributed by atoms with E-state index in [2.05, 4.69) is 15.3 Å². The molecule has 2 heterocycles. The Bertz CT molecular complexity index is 769. The third kappa shape index (κ3) is 3.59. The molecule has 1 aromatic carbocycles. The fraction of sp³-hybridized carbons (Fsp3) is 0.438. The summed E-state index contributed by atoms with van der Waals surface area (Å²) in [7, 11) is 0. The van der Waals surface area contributed by atoms with Gasteiger partial charge in [-0.05, 0) is 31.9 Å². The Morgan fingerprint density at radius 2 is 2.04 bits per heavy atom. The summed E-state index contributed by atoms with van der Waals surface area (Å²) in [5, 5.41) is 4.51. The normalized spacial score (nSPS) is 22.5. The van der Waals surface area contributed by atoms with E-state index in [9.17, 15) is 22.8 Å². The van der Waals surface area contributed by atoms with Crippen LogP contribution < -0.4 is 10.6 Å². The van der Waals surface area contributed by atoms with Crippen LogP contribution in [0.1, 0.15) is 31.6 Å². The number of alkyl halides is 3. The van der Waals surface area contributed by atoms with Crippen LogP contribution in [-0.2, 0) is 9.59 Å². The molecule has 3 N–H and O–H groups in total. The van der Waals surface area contributed by atoms with Crippen molar-refractivity contribution in [3.05, 3.63) is 30.1 Å². The number of hydrogen-bond donors (Lipinski definition) is 3. The maximum Gasteiger partial charge on any atom is 0.408 e. The van der Waals surface area contributed by atoms with Crippen molar-refractivity contribution in [3.8, 4) is 0 Å². The standard InChI is InChI=1S/C16H17F3N4O2/c1-8(13-21-10-4-2-3-5-11(10)22-13)20-14(24)9-6-7-12(16(17,18)19)23-15(9)25/h2-5,8-9,12H,6-7H2,1H3,(H,20,24)(H,21,22)(H,23,25)/t8-,9?,12?/m0/s1. The molecular formula is C16H17F3N4O2. The van der Waals surface area contributed by atoms with Crippen molar-refractivity contribution in [2.24, 2.45) is 5.92 Å². The fourth-order valence-electron chi connectivity index (χ4n) is 2.86. The molecular weight excluding hydrogens is 337 g/mol. The molecule has 3 rings (SSSR count). The number of nitrogens with one attached hydrogen (secondary N) is 3. The Labute approximate surface area is 141 Å². The number of benzene rings is 1. The smallest absolute Gasteiger partial charge is 0.346 e. The van der Waals surface area contributed by atoms with Crippen LogP contribution in [0.5, 0.6) is 0 Å². The van der Waals surface area contributed by atoms with Crippen molar-refractivity contribution in [2.75, 3.05) is 0 Å². The summed E-state index contributed by atoms with van der Waals surface area (Å²) in [4.78, 5) is 31.5. The summed E-state index contributed by atoms with van der Waals surface area (Å²) in [6.07, 6.45) is -4.96. The van der Waals surface area contributed by atoms with Crippen LogP contribution in [0.4, 0.5) is 13.2 Å². The molecule has 0 aliphatic carbocycles. The molecule has 25 heavy (non-hydrogen) atoms. The molecule has 0 saturated carbocycles. The van der Waals surface area contributed by atoms with E-state index in [0.717, 1.165) is 11.0 Å². The van der Waals surface area contributed by atoms with E-state index >= 15 is 0 Å². The van der Waals surface area contributed by atoms with Gasteiger partial charge in [-0.25, -0.2) is 4.98 Å². The molecule has 1 aliphatic rings. The number of amides is 2. The predicted octanol–water partition coefficient (Wildman–Crippen LogP) is 2.20. The fourth-order valence-corrected chi connectivity index (χ4v) is 2.86. The first-order valence-corrected chi connectivity index (χ1v) is 7.88. The van der Waals surface area contributed by atoms with Crippen LogP contribution in [-0.4, -0.2) is 34.0 Å². The number of carbonyl (C=O) groups is 2. The van der Waals surface area contributed by atoms with Gasteiger partial charge >= 0.3 is 6.18 Å². The number of rotatable bonds is 3. The molecule has 6 nitrogen and oxygen atoms in total. The summed E-state index contributed by atoms with van der Waals surface area (Å²) < 4.78 is 37.9. The van der Waals surface area contributed by atoms with Gasteiger partial charge in [-0.15, -0.1) is 0 Å². The van der Waals surface area contributed by atoms with Gasteiger partial charge in [0.25, 0.3) is 0 Å². The van der Waals surface area contributed by atoms with Crippen molar-refractivity contribution in [1.82, 2.24) is 20.6 Å². The van der Waals surface area contributed by atoms with Gasteiger partial charge in [0.2, 0.25) is 11.8 Å². The highest BCUT2D eigenvalue weighted by molar-refractivity contribution is 6.01. The van der Waals surface area contributed by atoms with Gasteiger partial charge < -0.3 is 15.6 Å². The van der Waals surface area contributed by atoms with Gasteiger partial charge in [0.1, 0.15) is 17.8 Å². The summed E-state index contributed by atoms with van der Waals surface area (Å²) in [6, 6.07) is 4.93. The number of nitrogens with zero attached hydrogens (tertiary/aromatic N) is 1. The van der Waals surface area contributed by atoms with E-state index in [1.165, 1.54) is 0 Å². The summed E-state index contributed by atoms with van der Waals surface area (Å²) in [5.74, 6) is -2.13. The van der Waals surface area contributed by atoms with E-state index < -0.39 is 36.0 Å². The number of carbonyl (C=O) groups excluding carboxylic acids is 2. The second kappa shape index (κ2) is 6.38. The molecule has 0 spiro atoms. The third-order valence-corrected chi connectivity index (χ3v) is 4.27. The number of halogens is 3. The van der Waals surface area contributed by atoms with Gasteiger partial charge in [0.05, 0.1) is 17.1 Å². The molecule has 1 saturated heterocycles. The van der Waals surface area contributed by atoms with Crippen molar-refractivity contribution in [2.45, 2.75) is 38.0 Å². The quantitative estimate of drug-likeness (QED) is 0.739. The SMILES string of the molecule is C[C@H](NC(=O)C1CCC(C(F)(F)F)NC1=O)c1nc2ccccc2[nH]1. The van der Waals surface area contributed by atoms with E-state index in [1.54, 1.807) is 6.92 Å². The highest BCUT2D eigenvalue weighted by atomic mass is 19.4. The van der Waals surface area contributed by atoms with Crippen LogP contribution in [0, 0.1) is 5.92 Å². The Morgan fingerprint density at radius 3 is 2.68 bits per heavy atom. The van der Waals surface area contributed by atoms with Crippen molar-refractivity contribution in [3.63, 3.8) is 0 Å². The lowest BCUT2D eigenvalue weighted by atomic mass is 9.92. The van der Waals surface area contributed by atoms with Crippen molar-refractivity contribution < 1.29 is 22.8 Å². The monoisotopic (exact) mass is 354 g/mol. The molecule has 1 aromatic heterocycles. The topological polar surface area (TPSA) is 86.9 Å². The highest BCUT2D eigenvalue weighted by Crippen LogP contribution is 2.28. The lowest BCUT2D eigenvalue weighted by Crippen LogP contribution is -2.54. The average molecular weight is 354 g/mol. The lowest BCUT2D eigenvalue weighted by molar-refractivity contribution is -0.171. The van der Waals surface area contributed by atoms with E-state index in [0.29, 0.717) is 5.82 Å². The number of aromatic amines is 1. The molecule has 3 atom stereocenters. The number of piperidine rings is 1. The minimum Gasteiger partial charge on any atom is -0.346 e. The molecule has 2 aromatic rings. The van der Waals surface area contributed by atoms with Crippen molar-refractivity contribution in [1.29, 1.82) is 0 Å². The zero-order chi connectivity index (χ0) is 18.2. The number of aromatic nitrogens is 2. The van der Waals surface area contributed by atoms with Gasteiger partial charge in [-0.3, -0.25) is 9.59 Å². The average Bonchev–Trinajstić information content (AvgIpc) is 2.98. The predicted molar refractivity (Wildman–Crippen MR) is 83.4 cm³/mol. The summed E-state index contributed by atoms with van der Waals surface area (Å²) in [5.41, 5.74) is 1.55. The molecule has 9 heteroatoms. The van der Waals surface area contributed by atoms with Crippen LogP contribution in [0.3, 0.4) is 0 Å². The number of imidazole rings is 1. The lowest BCUT2D eigenvalue weighted by Gasteiger charge is -2.30. The molecule has 1 fully saturated rings. The second-order valence-electron chi connectivity index (χ2n) is 6.10. The van der Waals surface area contributed by atoms with Crippen LogP contribution >= 0.6 is 0 Å². The highest BCUT2D eigenvalue weighted by Gasteiger charge is 2.46. The maximum atomic E-state index is 12.6. The largest absolute Gasteiger partial charge is 0.408 e. The molecule has 0 bridgehead atoms. The van der Waals surface area contributed by atoms with Gasteiger partial charge in [0.15, 0.2) is 0 Å². The zero-order valence-corrected chi connectivity index (χ0v) is 13.4. The first-order valence-electron chi connectivity index (χ1n) is 7.88. The molecule has 0 radical (unpaired) electrons. The van der Waals surface area contributed by atoms with E-state index in [1.807, 2.05) is 29.6 Å². The number of para-hydroxylation sites is 2. The molecule has 2 amide bonds. The Kier molecular flexibility index (Phi) is 4.40. The summed E-state index contributed by atoms with van der Waals surface area (Å²) >= 11 is 0.